The molecule has 10 heteroatoms. The third kappa shape index (κ3) is 6.83. The van der Waals surface area contributed by atoms with Crippen molar-refractivity contribution in [2.45, 2.75) is 57.3 Å². The van der Waals surface area contributed by atoms with E-state index in [1.54, 1.807) is 30.1 Å². The molecular weight excluding hydrogens is 476 g/mol. The highest BCUT2D eigenvalue weighted by molar-refractivity contribution is 6.43. The number of carbonyl (C=O) groups excluding carboxylic acids is 1. The Labute approximate surface area is 204 Å². The molecule has 2 fully saturated rings. The van der Waals surface area contributed by atoms with Gasteiger partial charge < -0.3 is 15.1 Å². The van der Waals surface area contributed by atoms with E-state index in [1.165, 1.54) is 4.90 Å². The molecule has 1 saturated heterocycles. The molecule has 1 saturated carbocycles. The van der Waals surface area contributed by atoms with Crippen LogP contribution in [0.15, 0.2) is 18.2 Å². The number of benzene rings is 1. The Morgan fingerprint density at radius 2 is 1.88 bits per heavy atom. The van der Waals surface area contributed by atoms with Crippen molar-refractivity contribution in [3.05, 3.63) is 28.2 Å². The third-order valence-electron chi connectivity index (χ3n) is 6.93. The predicted molar refractivity (Wildman–Crippen MR) is 127 cm³/mol. The number of urea groups is 1. The average Bonchev–Trinajstić information content (AvgIpc) is 2.79. The lowest BCUT2D eigenvalue weighted by molar-refractivity contribution is -0.156. The summed E-state index contributed by atoms with van der Waals surface area (Å²) in [5.74, 6) is 0.479. The zero-order chi connectivity index (χ0) is 24.2. The first kappa shape index (κ1) is 26.2. The number of halogens is 5. The number of carbonyl (C=O) groups is 1. The van der Waals surface area contributed by atoms with Crippen LogP contribution in [0.2, 0.25) is 10.0 Å². The maximum atomic E-state index is 13.9. The van der Waals surface area contributed by atoms with Crippen LogP contribution < -0.4 is 10.2 Å². The van der Waals surface area contributed by atoms with E-state index in [0.29, 0.717) is 31.2 Å². The normalized spacial score (nSPS) is 24.6. The molecule has 1 aromatic rings. The Kier molecular flexibility index (Phi) is 9.03. The Hall–Kier alpha value is -1.38. The third-order valence-corrected chi connectivity index (χ3v) is 7.74. The first-order valence-electron chi connectivity index (χ1n) is 11.6. The number of amides is 2. The summed E-state index contributed by atoms with van der Waals surface area (Å²) >= 11 is 12.3. The lowest BCUT2D eigenvalue weighted by atomic mass is 9.84. The maximum Gasteiger partial charge on any atom is 0.409 e. The van der Waals surface area contributed by atoms with E-state index < -0.39 is 12.2 Å². The Bertz CT molecular complexity index is 802. The lowest BCUT2D eigenvalue weighted by Gasteiger charge is -2.44. The lowest BCUT2D eigenvalue weighted by Crippen LogP contribution is -2.59. The molecule has 33 heavy (non-hydrogen) atoms. The minimum absolute atomic E-state index is 0.0446. The highest BCUT2D eigenvalue weighted by Crippen LogP contribution is 2.38. The summed E-state index contributed by atoms with van der Waals surface area (Å²) in [6.45, 7) is 3.95. The van der Waals surface area contributed by atoms with E-state index in [2.05, 4.69) is 5.32 Å². The molecule has 5 nitrogen and oxygen atoms in total. The molecule has 1 aliphatic carbocycles. The molecule has 1 atom stereocenters. The molecule has 0 spiro atoms. The summed E-state index contributed by atoms with van der Waals surface area (Å²) in [7, 11) is 1.77. The largest absolute Gasteiger partial charge is 0.409 e. The Morgan fingerprint density at radius 1 is 1.18 bits per heavy atom. The van der Waals surface area contributed by atoms with Crippen LogP contribution in [0.3, 0.4) is 0 Å². The zero-order valence-electron chi connectivity index (χ0n) is 19.2. The van der Waals surface area contributed by atoms with Crippen LogP contribution in [-0.4, -0.2) is 73.9 Å². The Morgan fingerprint density at radius 3 is 2.52 bits per heavy atom. The van der Waals surface area contributed by atoms with E-state index in [-0.39, 0.29) is 35.2 Å². The van der Waals surface area contributed by atoms with Crippen LogP contribution in [0.25, 0.3) is 0 Å². The number of hydrogen-bond donors (Lipinski definition) is 1. The van der Waals surface area contributed by atoms with Gasteiger partial charge in [-0.1, -0.05) is 29.3 Å². The Balaban J connectivity index is 1.51. The minimum Gasteiger partial charge on any atom is -0.356 e. The molecule has 0 unspecified atom stereocenters. The van der Waals surface area contributed by atoms with Crippen molar-refractivity contribution in [3.8, 4) is 0 Å². The molecule has 0 aromatic heterocycles. The zero-order valence-corrected chi connectivity index (χ0v) is 20.7. The number of nitrogens with one attached hydrogen (secondary N) is 1. The second-order valence-electron chi connectivity index (χ2n) is 9.09. The molecule has 0 bridgehead atoms. The number of hydrogen-bond acceptors (Lipinski definition) is 3. The van der Waals surface area contributed by atoms with Crippen molar-refractivity contribution in [3.63, 3.8) is 0 Å². The van der Waals surface area contributed by atoms with Crippen LogP contribution >= 0.6 is 23.2 Å². The van der Waals surface area contributed by atoms with Crippen molar-refractivity contribution >= 4 is 34.9 Å². The summed E-state index contributed by atoms with van der Waals surface area (Å²) in [5, 5.41) is 3.49. The highest BCUT2D eigenvalue weighted by atomic mass is 35.5. The number of rotatable bonds is 6. The summed E-state index contributed by atoms with van der Waals surface area (Å²) < 4.78 is 41.8. The number of anilines is 1. The standard InChI is InChI=1S/C23H33Cl2F3N4O/c1-3-30(2)22(33)29-17-9-7-16(8-10-17)11-12-31-13-14-32(20(15-31)23(26,27)28)19-6-4-5-18(24)21(19)25/h4-6,16-17,20H,3,7-15H2,1-2H3,(H,29,33)/t16-,17-,20-/m0/s1. The summed E-state index contributed by atoms with van der Waals surface area (Å²) in [4.78, 5) is 16.9. The summed E-state index contributed by atoms with van der Waals surface area (Å²) in [5.41, 5.74) is 0.334. The van der Waals surface area contributed by atoms with Crippen molar-refractivity contribution in [1.29, 1.82) is 0 Å². The van der Waals surface area contributed by atoms with Gasteiger partial charge in [-0.25, -0.2) is 4.79 Å². The SMILES string of the molecule is CCN(C)C(=O)N[C@H]1CC[C@H](CCN2CCN(c3cccc(Cl)c3Cl)[C@H](C(F)(F)F)C2)CC1. The van der Waals surface area contributed by atoms with Crippen molar-refractivity contribution in [2.24, 2.45) is 5.92 Å². The smallest absolute Gasteiger partial charge is 0.356 e. The van der Waals surface area contributed by atoms with Crippen LogP contribution in [0, 0.1) is 5.92 Å². The molecule has 2 amide bonds. The van der Waals surface area contributed by atoms with Gasteiger partial charge in [0.1, 0.15) is 6.04 Å². The number of alkyl halides is 3. The fourth-order valence-electron chi connectivity index (χ4n) is 4.71. The summed E-state index contributed by atoms with van der Waals surface area (Å²) in [6.07, 6.45) is 0.313. The van der Waals surface area contributed by atoms with E-state index in [0.717, 1.165) is 32.1 Å². The molecule has 1 N–H and O–H groups in total. The summed E-state index contributed by atoms with van der Waals surface area (Å²) in [6, 6.07) is 3.32. The predicted octanol–water partition coefficient (Wildman–Crippen LogP) is 5.66. The van der Waals surface area contributed by atoms with Crippen LogP contribution in [0.4, 0.5) is 23.7 Å². The van der Waals surface area contributed by atoms with Gasteiger partial charge >= 0.3 is 12.2 Å². The van der Waals surface area contributed by atoms with Gasteiger partial charge in [-0.3, -0.25) is 4.90 Å². The molecule has 3 rings (SSSR count). The quantitative estimate of drug-likeness (QED) is 0.538. The van der Waals surface area contributed by atoms with Crippen molar-refractivity contribution < 1.29 is 18.0 Å². The van der Waals surface area contributed by atoms with E-state index in [9.17, 15) is 18.0 Å². The second-order valence-corrected chi connectivity index (χ2v) is 9.88. The van der Waals surface area contributed by atoms with Gasteiger partial charge in [-0.15, -0.1) is 0 Å². The molecule has 0 radical (unpaired) electrons. The number of nitrogens with zero attached hydrogens (tertiary/aromatic N) is 3. The minimum atomic E-state index is -4.37. The first-order valence-corrected chi connectivity index (χ1v) is 12.4. The molecule has 1 aliphatic heterocycles. The van der Waals surface area contributed by atoms with Crippen LogP contribution in [0.5, 0.6) is 0 Å². The molecule has 1 heterocycles. The van der Waals surface area contributed by atoms with Gasteiger partial charge in [0, 0.05) is 39.3 Å². The van der Waals surface area contributed by atoms with Gasteiger partial charge in [0.2, 0.25) is 0 Å². The van der Waals surface area contributed by atoms with Crippen LogP contribution in [-0.2, 0) is 0 Å². The van der Waals surface area contributed by atoms with E-state index in [1.807, 2.05) is 11.8 Å². The highest BCUT2D eigenvalue weighted by Gasteiger charge is 2.47. The maximum absolute atomic E-state index is 13.9. The van der Waals surface area contributed by atoms with Crippen molar-refractivity contribution in [2.75, 3.05) is 44.7 Å². The van der Waals surface area contributed by atoms with E-state index in [4.69, 9.17) is 23.2 Å². The topological polar surface area (TPSA) is 38.8 Å². The molecular formula is C23H33Cl2F3N4O. The second kappa shape index (κ2) is 11.4. The van der Waals surface area contributed by atoms with Crippen molar-refractivity contribution in [1.82, 2.24) is 15.1 Å². The van der Waals surface area contributed by atoms with Gasteiger partial charge in [0.15, 0.2) is 0 Å². The molecule has 186 valence electrons. The first-order chi connectivity index (χ1) is 15.6. The van der Waals surface area contributed by atoms with Crippen LogP contribution in [0.1, 0.15) is 39.0 Å². The fourth-order valence-corrected chi connectivity index (χ4v) is 5.12. The van der Waals surface area contributed by atoms with Gasteiger partial charge in [-0.05, 0) is 63.6 Å². The van der Waals surface area contributed by atoms with Gasteiger partial charge in [0.05, 0.1) is 15.7 Å². The molecule has 1 aromatic carbocycles. The average molecular weight is 509 g/mol. The fraction of sp³-hybridized carbons (Fsp3) is 0.696. The molecule has 2 aliphatic rings. The van der Waals surface area contributed by atoms with Gasteiger partial charge in [-0.2, -0.15) is 13.2 Å². The number of piperazine rings is 1. The van der Waals surface area contributed by atoms with Gasteiger partial charge in [0.25, 0.3) is 0 Å². The van der Waals surface area contributed by atoms with E-state index >= 15 is 0 Å². The monoisotopic (exact) mass is 508 g/mol.